The van der Waals surface area contributed by atoms with E-state index < -0.39 is 0 Å². The van der Waals surface area contributed by atoms with Gasteiger partial charge in [-0.05, 0) is 75.4 Å². The molecule has 0 radical (unpaired) electrons. The van der Waals surface area contributed by atoms with Gasteiger partial charge in [-0.25, -0.2) is 0 Å². The van der Waals surface area contributed by atoms with E-state index in [9.17, 15) is 4.79 Å². The van der Waals surface area contributed by atoms with Crippen LogP contribution in [0.2, 0.25) is 0 Å². The van der Waals surface area contributed by atoms with E-state index in [2.05, 4.69) is 40.5 Å². The van der Waals surface area contributed by atoms with Gasteiger partial charge in [-0.15, -0.1) is 0 Å². The second-order valence-corrected chi connectivity index (χ2v) is 7.74. The summed E-state index contributed by atoms with van der Waals surface area (Å²) in [5, 5.41) is 3.26. The maximum Gasteiger partial charge on any atom is 0.222 e. The first-order valence-electron chi connectivity index (χ1n) is 9.73. The van der Waals surface area contributed by atoms with E-state index in [0.29, 0.717) is 23.7 Å². The van der Waals surface area contributed by atoms with Crippen molar-refractivity contribution in [1.82, 2.24) is 10.2 Å². The lowest BCUT2D eigenvalue weighted by Crippen LogP contribution is -2.43. The van der Waals surface area contributed by atoms with Crippen molar-refractivity contribution in [3.05, 3.63) is 35.9 Å². The molecular weight excluding hydrogens is 296 g/mol. The Morgan fingerprint density at radius 3 is 2.54 bits per heavy atom. The van der Waals surface area contributed by atoms with Crippen molar-refractivity contribution in [2.75, 3.05) is 26.7 Å². The Morgan fingerprint density at radius 1 is 1.08 bits per heavy atom. The van der Waals surface area contributed by atoms with Gasteiger partial charge in [0.15, 0.2) is 0 Å². The first kappa shape index (κ1) is 17.5. The summed E-state index contributed by atoms with van der Waals surface area (Å²) in [6.45, 7) is 2.96. The molecule has 1 aliphatic heterocycles. The zero-order chi connectivity index (χ0) is 16.8. The number of nitrogens with one attached hydrogen (secondary N) is 1. The summed E-state index contributed by atoms with van der Waals surface area (Å²) in [5.41, 5.74) is 1.48. The highest BCUT2D eigenvalue weighted by molar-refractivity contribution is 5.76. The highest BCUT2D eigenvalue weighted by Crippen LogP contribution is 2.37. The normalized spacial score (nSPS) is 27.9. The summed E-state index contributed by atoms with van der Waals surface area (Å²) in [5.74, 6) is 2.34. The molecule has 24 heavy (non-hydrogen) atoms. The number of piperidine rings is 1. The van der Waals surface area contributed by atoms with E-state index in [-0.39, 0.29) is 0 Å². The maximum absolute atomic E-state index is 12.7. The molecule has 132 valence electrons. The van der Waals surface area contributed by atoms with Crippen LogP contribution in [0.4, 0.5) is 0 Å². The van der Waals surface area contributed by atoms with Crippen molar-refractivity contribution in [3.63, 3.8) is 0 Å². The molecule has 1 heterocycles. The second kappa shape index (κ2) is 8.66. The van der Waals surface area contributed by atoms with E-state index in [0.717, 1.165) is 26.1 Å². The fourth-order valence-electron chi connectivity index (χ4n) is 4.55. The largest absolute Gasteiger partial charge is 0.342 e. The van der Waals surface area contributed by atoms with E-state index in [1.54, 1.807) is 0 Å². The van der Waals surface area contributed by atoms with E-state index >= 15 is 0 Å². The highest BCUT2D eigenvalue weighted by atomic mass is 16.2. The molecule has 1 aliphatic carbocycles. The number of hydrogen-bond acceptors (Lipinski definition) is 2. The van der Waals surface area contributed by atoms with Crippen LogP contribution < -0.4 is 5.32 Å². The minimum absolute atomic E-state index is 0.402. The molecule has 1 amide bonds. The number of nitrogens with zero attached hydrogens (tertiary/aromatic N) is 1. The summed E-state index contributed by atoms with van der Waals surface area (Å²) in [4.78, 5) is 14.8. The summed E-state index contributed by atoms with van der Waals surface area (Å²) >= 11 is 0. The molecule has 0 bridgehead atoms. The monoisotopic (exact) mass is 328 g/mol. The number of carbonyl (C=O) groups is 1. The van der Waals surface area contributed by atoms with E-state index in [1.807, 2.05) is 7.05 Å². The Kier molecular flexibility index (Phi) is 6.30. The zero-order valence-corrected chi connectivity index (χ0v) is 15.0. The van der Waals surface area contributed by atoms with Crippen LogP contribution in [0.15, 0.2) is 30.3 Å². The van der Waals surface area contributed by atoms with E-state index in [1.165, 1.54) is 44.1 Å². The fourth-order valence-corrected chi connectivity index (χ4v) is 4.55. The number of amides is 1. The standard InChI is InChI=1S/C21H32N2O/c1-22-15-18-6-5-13-23(16-18)21(24)14-17-9-11-20(12-10-17)19-7-3-2-4-8-19/h2-4,7-8,17-18,20,22H,5-6,9-16H2,1H3. The molecule has 0 spiro atoms. The molecule has 1 aromatic carbocycles. The SMILES string of the molecule is CNCC1CCCN(C(=O)CC2CCC(c3ccccc3)CC2)C1. The zero-order valence-electron chi connectivity index (χ0n) is 15.0. The second-order valence-electron chi connectivity index (χ2n) is 7.74. The van der Waals surface area contributed by atoms with Crippen LogP contribution in [0.1, 0.15) is 56.4 Å². The Bertz CT molecular complexity index is 506. The minimum Gasteiger partial charge on any atom is -0.342 e. The van der Waals surface area contributed by atoms with Crippen LogP contribution in [-0.4, -0.2) is 37.5 Å². The molecule has 2 aliphatic rings. The fraction of sp³-hybridized carbons (Fsp3) is 0.667. The number of likely N-dealkylation sites (tertiary alicyclic amines) is 1. The number of rotatable bonds is 5. The third-order valence-electron chi connectivity index (χ3n) is 5.95. The Labute approximate surface area is 146 Å². The molecule has 1 aromatic rings. The van der Waals surface area contributed by atoms with Crippen molar-refractivity contribution in [3.8, 4) is 0 Å². The summed E-state index contributed by atoms with van der Waals surface area (Å²) in [6.07, 6.45) is 8.09. The predicted octanol–water partition coefficient (Wildman–Crippen LogP) is 3.81. The molecule has 1 atom stereocenters. The van der Waals surface area contributed by atoms with Gasteiger partial charge < -0.3 is 10.2 Å². The van der Waals surface area contributed by atoms with Crippen molar-refractivity contribution in [1.29, 1.82) is 0 Å². The molecule has 3 heteroatoms. The molecule has 2 fully saturated rings. The average molecular weight is 329 g/mol. The lowest BCUT2D eigenvalue weighted by Gasteiger charge is -2.35. The van der Waals surface area contributed by atoms with Crippen molar-refractivity contribution < 1.29 is 4.79 Å². The number of hydrogen-bond donors (Lipinski definition) is 1. The Hall–Kier alpha value is -1.35. The lowest BCUT2D eigenvalue weighted by molar-refractivity contribution is -0.134. The van der Waals surface area contributed by atoms with Gasteiger partial charge in [0, 0.05) is 19.5 Å². The quantitative estimate of drug-likeness (QED) is 0.891. The highest BCUT2D eigenvalue weighted by Gasteiger charge is 2.28. The molecule has 1 unspecified atom stereocenters. The van der Waals surface area contributed by atoms with Crippen molar-refractivity contribution in [2.45, 2.75) is 50.9 Å². The minimum atomic E-state index is 0.402. The van der Waals surface area contributed by atoms with E-state index in [4.69, 9.17) is 0 Å². The molecule has 0 aromatic heterocycles. The van der Waals surface area contributed by atoms with Gasteiger partial charge in [-0.2, -0.15) is 0 Å². The predicted molar refractivity (Wildman–Crippen MR) is 99.0 cm³/mol. The van der Waals surface area contributed by atoms with Gasteiger partial charge in [0.1, 0.15) is 0 Å². The third-order valence-corrected chi connectivity index (χ3v) is 5.95. The summed E-state index contributed by atoms with van der Waals surface area (Å²) < 4.78 is 0. The first-order chi connectivity index (χ1) is 11.8. The van der Waals surface area contributed by atoms with Gasteiger partial charge in [-0.1, -0.05) is 30.3 Å². The molecule has 1 N–H and O–H groups in total. The van der Waals surface area contributed by atoms with Gasteiger partial charge in [-0.3, -0.25) is 4.79 Å². The molecule has 1 saturated heterocycles. The van der Waals surface area contributed by atoms with Crippen LogP contribution in [-0.2, 0) is 4.79 Å². The van der Waals surface area contributed by atoms with Crippen LogP contribution in [0, 0.1) is 11.8 Å². The molecular formula is C21H32N2O. The van der Waals surface area contributed by atoms with Gasteiger partial charge in [0.05, 0.1) is 0 Å². The van der Waals surface area contributed by atoms with Gasteiger partial charge in [0.25, 0.3) is 0 Å². The summed E-state index contributed by atoms with van der Waals surface area (Å²) in [7, 11) is 2.01. The van der Waals surface area contributed by atoms with Crippen LogP contribution >= 0.6 is 0 Å². The molecule has 3 nitrogen and oxygen atoms in total. The van der Waals surface area contributed by atoms with Crippen LogP contribution in [0.25, 0.3) is 0 Å². The Balaban J connectivity index is 1.45. The average Bonchev–Trinajstić information content (AvgIpc) is 2.64. The smallest absolute Gasteiger partial charge is 0.222 e. The molecule has 3 rings (SSSR count). The van der Waals surface area contributed by atoms with Crippen LogP contribution in [0.5, 0.6) is 0 Å². The first-order valence-corrected chi connectivity index (χ1v) is 9.73. The number of carbonyl (C=O) groups excluding carboxylic acids is 1. The van der Waals surface area contributed by atoms with Gasteiger partial charge in [0.2, 0.25) is 5.91 Å². The third kappa shape index (κ3) is 4.60. The molecule has 1 saturated carbocycles. The lowest BCUT2D eigenvalue weighted by atomic mass is 9.77. The van der Waals surface area contributed by atoms with Crippen LogP contribution in [0.3, 0.4) is 0 Å². The summed E-state index contributed by atoms with van der Waals surface area (Å²) in [6, 6.07) is 10.9. The van der Waals surface area contributed by atoms with Gasteiger partial charge >= 0.3 is 0 Å². The van der Waals surface area contributed by atoms with Crippen molar-refractivity contribution >= 4 is 5.91 Å². The Morgan fingerprint density at radius 2 is 1.83 bits per heavy atom. The van der Waals surface area contributed by atoms with Crippen molar-refractivity contribution in [2.24, 2.45) is 11.8 Å². The number of benzene rings is 1. The maximum atomic E-state index is 12.7. The topological polar surface area (TPSA) is 32.3 Å².